The molecule has 0 aliphatic heterocycles. The number of amides is 1. The number of benzene rings is 2. The molecular formula is C18H17BrN2O3S. The first-order chi connectivity index (χ1) is 12.2. The zero-order valence-corrected chi connectivity index (χ0v) is 16.3. The number of para-hydroxylation sites is 1. The van der Waals surface area contributed by atoms with Crippen LogP contribution in [0.5, 0.6) is 5.75 Å². The quantitative estimate of drug-likeness (QED) is 0.629. The lowest BCUT2D eigenvalue weighted by Gasteiger charge is -2.08. The molecule has 1 heterocycles. The number of rotatable bonds is 5. The van der Waals surface area contributed by atoms with Gasteiger partial charge in [0, 0.05) is 18.1 Å². The van der Waals surface area contributed by atoms with Gasteiger partial charge in [-0.05, 0) is 40.2 Å². The Hall–Kier alpha value is -1.96. The summed E-state index contributed by atoms with van der Waals surface area (Å²) in [6.45, 7) is 1.10. The first-order valence-electron chi connectivity index (χ1n) is 7.64. The van der Waals surface area contributed by atoms with Crippen LogP contribution in [0.2, 0.25) is 0 Å². The van der Waals surface area contributed by atoms with Crippen LogP contribution in [0, 0.1) is 0 Å². The maximum Gasteiger partial charge on any atom is 0.280 e. The molecule has 0 radical (unpaired) electrons. The number of ether oxygens (including phenoxy) is 2. The highest BCUT2D eigenvalue weighted by atomic mass is 79.9. The Kier molecular flexibility index (Phi) is 5.67. The average Bonchev–Trinajstić information content (AvgIpc) is 2.97. The molecule has 0 N–H and O–H groups in total. The SMILES string of the molecule is COCCn1c(=NC(=O)c2ccccc2Br)sc2cccc(OC)c21. The van der Waals surface area contributed by atoms with Crippen molar-refractivity contribution >= 4 is 43.4 Å². The number of nitrogens with zero attached hydrogens (tertiary/aromatic N) is 2. The molecule has 0 spiro atoms. The zero-order chi connectivity index (χ0) is 17.8. The zero-order valence-electron chi connectivity index (χ0n) is 13.9. The van der Waals surface area contributed by atoms with Gasteiger partial charge in [0.2, 0.25) is 0 Å². The maximum atomic E-state index is 12.6. The van der Waals surface area contributed by atoms with Crippen molar-refractivity contribution in [3.63, 3.8) is 0 Å². The highest BCUT2D eigenvalue weighted by molar-refractivity contribution is 9.10. The summed E-state index contributed by atoms with van der Waals surface area (Å²) in [5.74, 6) is 0.462. The molecule has 0 unspecified atom stereocenters. The number of fused-ring (bicyclic) bond motifs is 1. The summed E-state index contributed by atoms with van der Waals surface area (Å²) in [5.41, 5.74) is 1.45. The molecule has 1 aromatic heterocycles. The summed E-state index contributed by atoms with van der Waals surface area (Å²) in [6.07, 6.45) is 0. The molecule has 2 aromatic carbocycles. The molecule has 0 aliphatic carbocycles. The number of halogens is 1. The summed E-state index contributed by atoms with van der Waals surface area (Å²) in [5, 5.41) is 0. The second kappa shape index (κ2) is 7.95. The van der Waals surface area contributed by atoms with Crippen LogP contribution in [0.4, 0.5) is 0 Å². The molecule has 7 heteroatoms. The second-order valence-corrected chi connectivity index (χ2v) is 7.10. The molecule has 0 atom stereocenters. The smallest absolute Gasteiger partial charge is 0.280 e. The van der Waals surface area contributed by atoms with Gasteiger partial charge in [0.1, 0.15) is 11.3 Å². The van der Waals surface area contributed by atoms with Gasteiger partial charge in [0.15, 0.2) is 4.80 Å². The highest BCUT2D eigenvalue weighted by Crippen LogP contribution is 2.27. The second-order valence-electron chi connectivity index (χ2n) is 5.23. The van der Waals surface area contributed by atoms with E-state index in [1.807, 2.05) is 41.0 Å². The molecule has 0 saturated carbocycles. The van der Waals surface area contributed by atoms with E-state index in [0.29, 0.717) is 23.5 Å². The topological polar surface area (TPSA) is 52.8 Å². The van der Waals surface area contributed by atoms with Crippen LogP contribution in [0.15, 0.2) is 51.9 Å². The largest absolute Gasteiger partial charge is 0.495 e. The molecule has 3 aromatic rings. The summed E-state index contributed by atoms with van der Waals surface area (Å²) >= 11 is 4.86. The molecule has 1 amide bonds. The molecule has 3 rings (SSSR count). The van der Waals surface area contributed by atoms with E-state index in [-0.39, 0.29) is 5.91 Å². The average molecular weight is 421 g/mol. The predicted octanol–water partition coefficient (Wildman–Crippen LogP) is 3.86. The minimum absolute atomic E-state index is 0.288. The number of hydrogen-bond donors (Lipinski definition) is 0. The Morgan fingerprint density at radius 3 is 2.72 bits per heavy atom. The van der Waals surface area contributed by atoms with Crippen LogP contribution in [0.1, 0.15) is 10.4 Å². The van der Waals surface area contributed by atoms with Crippen LogP contribution in [0.25, 0.3) is 10.2 Å². The third-order valence-corrected chi connectivity index (χ3v) is 5.44. The van der Waals surface area contributed by atoms with Gasteiger partial charge < -0.3 is 14.0 Å². The van der Waals surface area contributed by atoms with Crippen LogP contribution < -0.4 is 9.54 Å². The lowest BCUT2D eigenvalue weighted by molar-refractivity contribution is 0.0996. The standard InChI is InChI=1S/C18H17BrN2O3S/c1-23-11-10-21-16-14(24-2)8-5-9-15(16)25-18(21)20-17(22)12-6-3-4-7-13(12)19/h3-9H,10-11H2,1-2H3. The highest BCUT2D eigenvalue weighted by Gasteiger charge is 2.13. The Bertz CT molecular complexity index is 978. The van der Waals surface area contributed by atoms with E-state index in [9.17, 15) is 4.79 Å². The van der Waals surface area contributed by atoms with Crippen molar-refractivity contribution in [2.45, 2.75) is 6.54 Å². The van der Waals surface area contributed by atoms with Crippen LogP contribution >= 0.6 is 27.3 Å². The molecule has 130 valence electrons. The van der Waals surface area contributed by atoms with Gasteiger partial charge in [-0.1, -0.05) is 29.5 Å². The van der Waals surface area contributed by atoms with E-state index in [0.717, 1.165) is 20.4 Å². The summed E-state index contributed by atoms with van der Waals surface area (Å²) < 4.78 is 14.4. The van der Waals surface area contributed by atoms with Crippen molar-refractivity contribution in [2.75, 3.05) is 20.8 Å². The molecule has 0 fully saturated rings. The van der Waals surface area contributed by atoms with E-state index < -0.39 is 0 Å². The van der Waals surface area contributed by atoms with Gasteiger partial charge in [0.25, 0.3) is 5.91 Å². The monoisotopic (exact) mass is 420 g/mol. The van der Waals surface area contributed by atoms with Crippen LogP contribution in [0.3, 0.4) is 0 Å². The first-order valence-corrected chi connectivity index (χ1v) is 9.25. The molecule has 0 saturated heterocycles. The van der Waals surface area contributed by atoms with Crippen molar-refractivity contribution in [3.8, 4) is 5.75 Å². The Morgan fingerprint density at radius 2 is 2.00 bits per heavy atom. The maximum absolute atomic E-state index is 12.6. The summed E-state index contributed by atoms with van der Waals surface area (Å²) in [7, 11) is 3.28. The van der Waals surface area contributed by atoms with Gasteiger partial charge in [0.05, 0.1) is 24.0 Å². The number of methoxy groups -OCH3 is 2. The van der Waals surface area contributed by atoms with Crippen molar-refractivity contribution in [1.29, 1.82) is 0 Å². The fourth-order valence-corrected chi connectivity index (χ4v) is 4.05. The molecular weight excluding hydrogens is 404 g/mol. The van der Waals surface area contributed by atoms with Gasteiger partial charge in [-0.2, -0.15) is 4.99 Å². The number of hydrogen-bond acceptors (Lipinski definition) is 4. The Labute approximate surface area is 157 Å². The van der Waals surface area contributed by atoms with E-state index >= 15 is 0 Å². The van der Waals surface area contributed by atoms with Crippen molar-refractivity contribution in [3.05, 3.63) is 57.3 Å². The number of carbonyl (C=O) groups excluding carboxylic acids is 1. The molecule has 0 aliphatic rings. The lowest BCUT2D eigenvalue weighted by atomic mass is 10.2. The van der Waals surface area contributed by atoms with Gasteiger partial charge >= 0.3 is 0 Å². The van der Waals surface area contributed by atoms with Crippen molar-refractivity contribution < 1.29 is 14.3 Å². The van der Waals surface area contributed by atoms with E-state index in [1.54, 1.807) is 20.3 Å². The predicted molar refractivity (Wildman–Crippen MR) is 102 cm³/mol. The first kappa shape index (κ1) is 17.8. The van der Waals surface area contributed by atoms with E-state index in [1.165, 1.54) is 11.3 Å². The van der Waals surface area contributed by atoms with Crippen LogP contribution in [-0.4, -0.2) is 31.3 Å². The van der Waals surface area contributed by atoms with Crippen molar-refractivity contribution in [1.82, 2.24) is 4.57 Å². The fraction of sp³-hybridized carbons (Fsp3) is 0.222. The number of carbonyl (C=O) groups is 1. The van der Waals surface area contributed by atoms with E-state index in [4.69, 9.17) is 9.47 Å². The Balaban J connectivity index is 2.18. The Morgan fingerprint density at radius 1 is 1.20 bits per heavy atom. The number of aromatic nitrogens is 1. The fourth-order valence-electron chi connectivity index (χ4n) is 2.52. The van der Waals surface area contributed by atoms with Gasteiger partial charge in [-0.25, -0.2) is 0 Å². The summed E-state index contributed by atoms with van der Waals surface area (Å²) in [6, 6.07) is 13.1. The minimum Gasteiger partial charge on any atom is -0.495 e. The summed E-state index contributed by atoms with van der Waals surface area (Å²) in [4.78, 5) is 17.6. The molecule has 25 heavy (non-hydrogen) atoms. The third-order valence-electron chi connectivity index (χ3n) is 3.70. The molecule has 5 nitrogen and oxygen atoms in total. The third kappa shape index (κ3) is 3.68. The van der Waals surface area contributed by atoms with Crippen LogP contribution in [-0.2, 0) is 11.3 Å². The normalized spacial score (nSPS) is 11.9. The van der Waals surface area contributed by atoms with E-state index in [2.05, 4.69) is 20.9 Å². The van der Waals surface area contributed by atoms with Crippen molar-refractivity contribution in [2.24, 2.45) is 4.99 Å². The van der Waals surface area contributed by atoms with Gasteiger partial charge in [-0.15, -0.1) is 0 Å². The number of thiazole rings is 1. The van der Waals surface area contributed by atoms with Gasteiger partial charge in [-0.3, -0.25) is 4.79 Å². The molecule has 0 bridgehead atoms. The lowest BCUT2D eigenvalue weighted by Crippen LogP contribution is -2.19. The minimum atomic E-state index is -0.288.